The molecule has 1 aliphatic rings. The molecule has 0 aliphatic heterocycles. The summed E-state index contributed by atoms with van der Waals surface area (Å²) in [6, 6.07) is -0.315. The van der Waals surface area contributed by atoms with Crippen molar-refractivity contribution in [2.24, 2.45) is 5.92 Å². The lowest BCUT2D eigenvalue weighted by molar-refractivity contribution is -0.146. The zero-order chi connectivity index (χ0) is 15.2. The predicted octanol–water partition coefficient (Wildman–Crippen LogP) is 2.46. The van der Waals surface area contributed by atoms with E-state index in [0.29, 0.717) is 18.8 Å². The number of amides is 2. The number of thioether (sulfide) groups is 1. The van der Waals surface area contributed by atoms with Crippen LogP contribution in [0.3, 0.4) is 0 Å². The van der Waals surface area contributed by atoms with Crippen LogP contribution >= 0.6 is 11.8 Å². The SMILES string of the molecule is CSCCC(C)NC(=O)NC1(C(=O)O)CCCC(C)C1. The highest BCUT2D eigenvalue weighted by atomic mass is 32.2. The Hall–Kier alpha value is -0.910. The van der Waals surface area contributed by atoms with E-state index in [2.05, 4.69) is 10.6 Å². The topological polar surface area (TPSA) is 78.4 Å². The van der Waals surface area contributed by atoms with Gasteiger partial charge in [0.05, 0.1) is 0 Å². The van der Waals surface area contributed by atoms with Crippen LogP contribution < -0.4 is 10.6 Å². The lowest BCUT2D eigenvalue weighted by atomic mass is 9.76. The van der Waals surface area contributed by atoms with Crippen LogP contribution in [0.25, 0.3) is 0 Å². The van der Waals surface area contributed by atoms with Crippen LogP contribution in [0.15, 0.2) is 0 Å². The minimum atomic E-state index is -1.10. The van der Waals surface area contributed by atoms with Gasteiger partial charge in [-0.2, -0.15) is 11.8 Å². The van der Waals surface area contributed by atoms with Crippen molar-refractivity contribution in [1.29, 1.82) is 0 Å². The Morgan fingerprint density at radius 2 is 2.20 bits per heavy atom. The van der Waals surface area contributed by atoms with E-state index < -0.39 is 11.5 Å². The predicted molar refractivity (Wildman–Crippen MR) is 82.1 cm³/mol. The Balaban J connectivity index is 2.57. The molecule has 1 rings (SSSR count). The standard InChI is InChI=1S/C14H26N2O3S/c1-10-5-4-7-14(9-10,12(17)18)16-13(19)15-11(2)6-8-20-3/h10-11H,4-9H2,1-3H3,(H,17,18)(H2,15,16,19). The van der Waals surface area contributed by atoms with Crippen molar-refractivity contribution < 1.29 is 14.7 Å². The third kappa shape index (κ3) is 4.89. The molecule has 116 valence electrons. The van der Waals surface area contributed by atoms with E-state index in [1.54, 1.807) is 11.8 Å². The van der Waals surface area contributed by atoms with E-state index in [-0.39, 0.29) is 12.1 Å². The number of carbonyl (C=O) groups is 2. The van der Waals surface area contributed by atoms with Gasteiger partial charge < -0.3 is 15.7 Å². The van der Waals surface area contributed by atoms with E-state index >= 15 is 0 Å². The van der Waals surface area contributed by atoms with Crippen molar-refractivity contribution in [2.75, 3.05) is 12.0 Å². The fourth-order valence-electron chi connectivity index (χ4n) is 2.76. The highest BCUT2D eigenvalue weighted by molar-refractivity contribution is 7.98. The van der Waals surface area contributed by atoms with Crippen LogP contribution in [0.4, 0.5) is 4.79 Å². The van der Waals surface area contributed by atoms with Crippen molar-refractivity contribution >= 4 is 23.8 Å². The molecule has 3 atom stereocenters. The molecule has 20 heavy (non-hydrogen) atoms. The second kappa shape index (κ2) is 7.76. The monoisotopic (exact) mass is 302 g/mol. The summed E-state index contributed by atoms with van der Waals surface area (Å²) < 4.78 is 0. The quantitative estimate of drug-likeness (QED) is 0.704. The number of nitrogens with one attached hydrogen (secondary N) is 2. The van der Waals surface area contributed by atoms with Crippen LogP contribution in [-0.2, 0) is 4.79 Å². The van der Waals surface area contributed by atoms with Crippen molar-refractivity contribution in [3.05, 3.63) is 0 Å². The molecule has 0 aromatic carbocycles. The number of carbonyl (C=O) groups excluding carboxylic acids is 1. The minimum absolute atomic E-state index is 0.0503. The second-order valence-electron chi connectivity index (χ2n) is 5.87. The molecule has 0 aromatic heterocycles. The first-order chi connectivity index (χ1) is 9.39. The van der Waals surface area contributed by atoms with Crippen LogP contribution in [0.1, 0.15) is 46.0 Å². The van der Waals surface area contributed by atoms with Crippen molar-refractivity contribution in [2.45, 2.75) is 57.5 Å². The van der Waals surface area contributed by atoms with Crippen LogP contribution in [0, 0.1) is 5.92 Å². The molecule has 3 N–H and O–H groups in total. The third-order valence-electron chi connectivity index (χ3n) is 3.89. The molecular weight excluding hydrogens is 276 g/mol. The summed E-state index contributed by atoms with van der Waals surface area (Å²) in [7, 11) is 0. The zero-order valence-corrected chi connectivity index (χ0v) is 13.4. The number of carboxylic acid groups (broad SMARTS) is 1. The molecular formula is C14H26N2O3S. The van der Waals surface area contributed by atoms with E-state index in [1.165, 1.54) is 0 Å². The van der Waals surface area contributed by atoms with Gasteiger partial charge in [-0.25, -0.2) is 9.59 Å². The molecule has 6 heteroatoms. The molecule has 0 radical (unpaired) electrons. The van der Waals surface area contributed by atoms with Gasteiger partial charge in [0.25, 0.3) is 0 Å². The Bertz CT molecular complexity index is 351. The van der Waals surface area contributed by atoms with Gasteiger partial charge in [-0.05, 0) is 44.1 Å². The molecule has 2 amide bonds. The fourth-order valence-corrected chi connectivity index (χ4v) is 3.35. The maximum Gasteiger partial charge on any atom is 0.329 e. The zero-order valence-electron chi connectivity index (χ0n) is 12.6. The number of hydrogen-bond donors (Lipinski definition) is 3. The van der Waals surface area contributed by atoms with Gasteiger partial charge in [0.1, 0.15) is 5.54 Å². The van der Waals surface area contributed by atoms with E-state index in [1.807, 2.05) is 20.1 Å². The van der Waals surface area contributed by atoms with E-state index in [9.17, 15) is 14.7 Å². The first kappa shape index (κ1) is 17.1. The fraction of sp³-hybridized carbons (Fsp3) is 0.857. The maximum atomic E-state index is 12.0. The normalized spacial score (nSPS) is 27.6. The number of urea groups is 1. The Labute approximate surface area is 125 Å². The highest BCUT2D eigenvalue weighted by Crippen LogP contribution is 2.32. The largest absolute Gasteiger partial charge is 0.480 e. The second-order valence-corrected chi connectivity index (χ2v) is 6.86. The lowest BCUT2D eigenvalue weighted by Crippen LogP contribution is -2.59. The van der Waals surface area contributed by atoms with Crippen LogP contribution in [0.2, 0.25) is 0 Å². The summed E-state index contributed by atoms with van der Waals surface area (Å²) in [6.07, 6.45) is 5.80. The first-order valence-corrected chi connectivity index (χ1v) is 8.60. The summed E-state index contributed by atoms with van der Waals surface area (Å²) >= 11 is 1.73. The van der Waals surface area contributed by atoms with Gasteiger partial charge in [0.15, 0.2) is 0 Å². The molecule has 0 heterocycles. The molecule has 5 nitrogen and oxygen atoms in total. The smallest absolute Gasteiger partial charge is 0.329 e. The molecule has 0 saturated heterocycles. The summed E-state index contributed by atoms with van der Waals surface area (Å²) in [4.78, 5) is 23.6. The molecule has 0 spiro atoms. The van der Waals surface area contributed by atoms with Gasteiger partial charge in [-0.15, -0.1) is 0 Å². The molecule has 1 saturated carbocycles. The van der Waals surface area contributed by atoms with Gasteiger partial charge in [0, 0.05) is 6.04 Å². The van der Waals surface area contributed by atoms with E-state index in [4.69, 9.17) is 0 Å². The maximum absolute atomic E-state index is 12.0. The molecule has 1 fully saturated rings. The first-order valence-electron chi connectivity index (χ1n) is 7.20. The number of aliphatic carboxylic acids is 1. The van der Waals surface area contributed by atoms with Crippen LogP contribution in [0.5, 0.6) is 0 Å². The van der Waals surface area contributed by atoms with Crippen molar-refractivity contribution in [3.63, 3.8) is 0 Å². The summed E-state index contributed by atoms with van der Waals surface area (Å²) in [5.74, 6) is 0.382. The van der Waals surface area contributed by atoms with Crippen LogP contribution in [-0.4, -0.2) is 40.7 Å². The number of rotatable bonds is 6. The Morgan fingerprint density at radius 1 is 1.50 bits per heavy atom. The van der Waals surface area contributed by atoms with Gasteiger partial charge in [0.2, 0.25) is 0 Å². The average molecular weight is 302 g/mol. The number of carboxylic acids is 1. The van der Waals surface area contributed by atoms with E-state index in [0.717, 1.165) is 25.0 Å². The van der Waals surface area contributed by atoms with Gasteiger partial charge in [-0.1, -0.05) is 19.8 Å². The molecule has 0 aromatic rings. The Morgan fingerprint density at radius 3 is 2.75 bits per heavy atom. The number of hydrogen-bond acceptors (Lipinski definition) is 3. The Kier molecular flexibility index (Phi) is 6.65. The lowest BCUT2D eigenvalue weighted by Gasteiger charge is -2.37. The van der Waals surface area contributed by atoms with Crippen molar-refractivity contribution in [1.82, 2.24) is 10.6 Å². The average Bonchev–Trinajstić information content (AvgIpc) is 2.35. The van der Waals surface area contributed by atoms with Gasteiger partial charge in [-0.3, -0.25) is 0 Å². The third-order valence-corrected chi connectivity index (χ3v) is 4.54. The minimum Gasteiger partial charge on any atom is -0.480 e. The van der Waals surface area contributed by atoms with Gasteiger partial charge >= 0.3 is 12.0 Å². The summed E-state index contributed by atoms with van der Waals surface area (Å²) in [5.41, 5.74) is -1.10. The molecule has 3 unspecified atom stereocenters. The molecule has 0 bridgehead atoms. The summed E-state index contributed by atoms with van der Waals surface area (Å²) in [6.45, 7) is 3.98. The summed E-state index contributed by atoms with van der Waals surface area (Å²) in [5, 5.41) is 15.0. The molecule has 1 aliphatic carbocycles. The highest BCUT2D eigenvalue weighted by Gasteiger charge is 2.43. The van der Waals surface area contributed by atoms with Crippen molar-refractivity contribution in [3.8, 4) is 0 Å².